The molecule has 0 saturated carbocycles. The number of fused-ring (bicyclic) bond motifs is 1. The normalized spacial score (nSPS) is 11.6. The number of sulfonamides is 1. The zero-order valence-electron chi connectivity index (χ0n) is 15.1. The van der Waals surface area contributed by atoms with Crippen LogP contribution in [0.2, 0.25) is 0 Å². The summed E-state index contributed by atoms with van der Waals surface area (Å²) >= 11 is 1.32. The van der Waals surface area contributed by atoms with Gasteiger partial charge in [0.15, 0.2) is 0 Å². The van der Waals surface area contributed by atoms with E-state index >= 15 is 0 Å². The second-order valence-electron chi connectivity index (χ2n) is 6.26. The molecule has 0 bridgehead atoms. The van der Waals surface area contributed by atoms with Crippen LogP contribution in [0.4, 0.5) is 5.95 Å². The van der Waals surface area contributed by atoms with Gasteiger partial charge in [-0.05, 0) is 56.3 Å². The Morgan fingerprint density at radius 1 is 0.964 bits per heavy atom. The van der Waals surface area contributed by atoms with Crippen molar-refractivity contribution in [2.24, 2.45) is 0 Å². The zero-order chi connectivity index (χ0) is 19.9. The smallest absolute Gasteiger partial charge is 0.267 e. The number of rotatable bonds is 4. The first kappa shape index (κ1) is 18.3. The molecule has 9 heteroatoms. The minimum Gasteiger partial charge on any atom is -0.267 e. The molecule has 0 spiro atoms. The lowest BCUT2D eigenvalue weighted by Gasteiger charge is -2.08. The molecule has 0 saturated heterocycles. The topological polar surface area (TPSA) is 94.0 Å². The third kappa shape index (κ3) is 3.41. The van der Waals surface area contributed by atoms with Crippen LogP contribution in [0, 0.1) is 13.8 Å². The van der Waals surface area contributed by atoms with Gasteiger partial charge in [-0.1, -0.05) is 23.7 Å². The fraction of sp³-hybridized carbons (Fsp3) is 0.105. The lowest BCUT2D eigenvalue weighted by Crippen LogP contribution is -2.16. The highest BCUT2D eigenvalue weighted by molar-refractivity contribution is 7.92. The van der Waals surface area contributed by atoms with E-state index in [0.29, 0.717) is 22.5 Å². The minimum atomic E-state index is -3.84. The Labute approximate surface area is 165 Å². The van der Waals surface area contributed by atoms with Crippen molar-refractivity contribution in [3.05, 3.63) is 76.3 Å². The SMILES string of the molecule is Cc1cc(C)nc(NS(=O)(=O)c2ccc(-n3sc4ccccc4c3=O)cc2)n1. The van der Waals surface area contributed by atoms with E-state index in [1.54, 1.807) is 42.1 Å². The number of nitrogens with one attached hydrogen (secondary N) is 1. The van der Waals surface area contributed by atoms with Crippen molar-refractivity contribution in [2.75, 3.05) is 4.72 Å². The quantitative estimate of drug-likeness (QED) is 0.555. The van der Waals surface area contributed by atoms with Crippen molar-refractivity contribution in [3.8, 4) is 5.69 Å². The van der Waals surface area contributed by atoms with E-state index in [-0.39, 0.29) is 16.4 Å². The minimum absolute atomic E-state index is 0.0299. The van der Waals surface area contributed by atoms with Gasteiger partial charge in [0.25, 0.3) is 15.6 Å². The standard InChI is InChI=1S/C19H16N4O3S2/c1-12-11-13(2)21-19(20-12)22-28(25,26)15-9-7-14(8-10-15)23-18(24)16-5-3-4-6-17(16)27-23/h3-11H,1-2H3,(H,20,21,22). The van der Waals surface area contributed by atoms with Gasteiger partial charge in [-0.25, -0.2) is 27.1 Å². The van der Waals surface area contributed by atoms with Gasteiger partial charge in [0.05, 0.1) is 20.7 Å². The average molecular weight is 412 g/mol. The Morgan fingerprint density at radius 2 is 1.61 bits per heavy atom. The first-order chi connectivity index (χ1) is 13.3. The van der Waals surface area contributed by atoms with E-state index in [4.69, 9.17) is 0 Å². The molecule has 2 heterocycles. The van der Waals surface area contributed by atoms with Gasteiger partial charge in [0.2, 0.25) is 5.95 Å². The molecule has 7 nitrogen and oxygen atoms in total. The van der Waals surface area contributed by atoms with Crippen molar-refractivity contribution < 1.29 is 8.42 Å². The lowest BCUT2D eigenvalue weighted by molar-refractivity contribution is 0.600. The molecule has 0 radical (unpaired) electrons. The van der Waals surface area contributed by atoms with Crippen LogP contribution in [0.15, 0.2) is 64.3 Å². The largest absolute Gasteiger partial charge is 0.273 e. The predicted molar refractivity (Wildman–Crippen MR) is 110 cm³/mol. The van der Waals surface area contributed by atoms with Crippen molar-refractivity contribution in [1.82, 2.24) is 13.9 Å². The summed E-state index contributed by atoms with van der Waals surface area (Å²) in [6, 6.07) is 15.2. The zero-order valence-corrected chi connectivity index (χ0v) is 16.7. The highest BCUT2D eigenvalue weighted by Gasteiger charge is 2.17. The molecule has 2 aromatic carbocycles. The number of nitrogens with zero attached hydrogens (tertiary/aromatic N) is 3. The molecule has 0 aliphatic rings. The first-order valence-electron chi connectivity index (χ1n) is 8.40. The first-order valence-corrected chi connectivity index (χ1v) is 10.7. The van der Waals surface area contributed by atoms with E-state index in [9.17, 15) is 13.2 Å². The molecule has 0 atom stereocenters. The maximum absolute atomic E-state index is 12.6. The molecule has 0 aliphatic heterocycles. The highest BCUT2D eigenvalue weighted by Crippen LogP contribution is 2.21. The van der Waals surface area contributed by atoms with Gasteiger partial charge in [-0.3, -0.25) is 4.79 Å². The molecule has 142 valence electrons. The Bertz CT molecular complexity index is 1320. The summed E-state index contributed by atoms with van der Waals surface area (Å²) in [6.45, 7) is 3.54. The Balaban J connectivity index is 1.66. The number of anilines is 1. The summed E-state index contributed by atoms with van der Waals surface area (Å²) in [5, 5.41) is 0.637. The second-order valence-corrected chi connectivity index (χ2v) is 8.93. The molecule has 0 fully saturated rings. The third-order valence-electron chi connectivity index (χ3n) is 4.08. The van der Waals surface area contributed by atoms with Crippen molar-refractivity contribution in [3.63, 3.8) is 0 Å². The van der Waals surface area contributed by atoms with Crippen LogP contribution in [0.3, 0.4) is 0 Å². The molecular weight excluding hydrogens is 396 g/mol. The summed E-state index contributed by atoms with van der Waals surface area (Å²) in [4.78, 5) is 20.8. The molecular formula is C19H16N4O3S2. The maximum atomic E-state index is 12.6. The summed E-state index contributed by atoms with van der Waals surface area (Å²) < 4.78 is 30.1. The van der Waals surface area contributed by atoms with Crippen molar-refractivity contribution in [1.29, 1.82) is 0 Å². The van der Waals surface area contributed by atoms with Gasteiger partial charge < -0.3 is 0 Å². The van der Waals surface area contributed by atoms with E-state index in [1.807, 2.05) is 18.2 Å². The summed E-state index contributed by atoms with van der Waals surface area (Å²) in [5.41, 5.74) is 1.82. The van der Waals surface area contributed by atoms with Gasteiger partial charge in [0.1, 0.15) is 0 Å². The molecule has 2 aromatic heterocycles. The van der Waals surface area contributed by atoms with E-state index < -0.39 is 10.0 Å². The van der Waals surface area contributed by atoms with Gasteiger partial charge in [-0.15, -0.1) is 0 Å². The molecule has 4 aromatic rings. The maximum Gasteiger partial charge on any atom is 0.273 e. The van der Waals surface area contributed by atoms with Crippen LogP contribution in [-0.4, -0.2) is 22.3 Å². The number of aryl methyl sites for hydroxylation is 2. The fourth-order valence-electron chi connectivity index (χ4n) is 2.85. The lowest BCUT2D eigenvalue weighted by atomic mass is 10.3. The Hall–Kier alpha value is -3.04. The molecule has 1 N–H and O–H groups in total. The van der Waals surface area contributed by atoms with Gasteiger partial charge >= 0.3 is 0 Å². The molecule has 0 amide bonds. The summed E-state index contributed by atoms with van der Waals surface area (Å²) in [5.74, 6) is 0.0299. The van der Waals surface area contributed by atoms with Gasteiger partial charge in [-0.2, -0.15) is 0 Å². The third-order valence-corrected chi connectivity index (χ3v) is 6.54. The average Bonchev–Trinajstić information content (AvgIpc) is 2.98. The summed E-state index contributed by atoms with van der Waals surface area (Å²) in [6.07, 6.45) is 0. The molecule has 0 aliphatic carbocycles. The molecule has 28 heavy (non-hydrogen) atoms. The van der Waals surface area contributed by atoms with E-state index in [2.05, 4.69) is 14.7 Å². The van der Waals surface area contributed by atoms with Crippen molar-refractivity contribution >= 4 is 37.6 Å². The molecule has 4 rings (SSSR count). The molecule has 0 unspecified atom stereocenters. The predicted octanol–water partition coefficient (Wildman–Crippen LogP) is 3.26. The Kier molecular flexibility index (Phi) is 4.48. The fourth-order valence-corrected chi connectivity index (χ4v) is 4.80. The van der Waals surface area contributed by atoms with Gasteiger partial charge in [0, 0.05) is 11.4 Å². The Morgan fingerprint density at radius 3 is 2.25 bits per heavy atom. The highest BCUT2D eigenvalue weighted by atomic mass is 32.2. The van der Waals surface area contributed by atoms with E-state index in [0.717, 1.165) is 4.70 Å². The van der Waals surface area contributed by atoms with E-state index in [1.165, 1.54) is 23.7 Å². The van der Waals surface area contributed by atoms with Crippen LogP contribution < -0.4 is 10.3 Å². The van der Waals surface area contributed by atoms with Crippen LogP contribution >= 0.6 is 11.5 Å². The van der Waals surface area contributed by atoms with Crippen molar-refractivity contribution in [2.45, 2.75) is 18.7 Å². The number of benzene rings is 2. The number of aromatic nitrogens is 3. The number of hydrogen-bond acceptors (Lipinski definition) is 6. The number of hydrogen-bond donors (Lipinski definition) is 1. The van der Waals surface area contributed by atoms with Crippen LogP contribution in [0.5, 0.6) is 0 Å². The second kappa shape index (κ2) is 6.84. The monoisotopic (exact) mass is 412 g/mol. The van der Waals surface area contributed by atoms with Crippen LogP contribution in [0.25, 0.3) is 15.8 Å². The summed E-state index contributed by atoms with van der Waals surface area (Å²) in [7, 11) is -3.84. The van der Waals surface area contributed by atoms with Crippen LogP contribution in [-0.2, 0) is 10.0 Å². The van der Waals surface area contributed by atoms with Crippen LogP contribution in [0.1, 0.15) is 11.4 Å².